The number of anilines is 2. The highest BCUT2D eigenvalue weighted by Gasteiger charge is 2.57. The molecule has 0 radical (unpaired) electrons. The van der Waals surface area contributed by atoms with Crippen LogP contribution in [0.4, 0.5) is 11.4 Å². The van der Waals surface area contributed by atoms with Crippen molar-refractivity contribution in [3.63, 3.8) is 0 Å². The van der Waals surface area contributed by atoms with Crippen LogP contribution in [0, 0.1) is 0 Å². The van der Waals surface area contributed by atoms with Gasteiger partial charge in [-0.2, -0.15) is 0 Å². The van der Waals surface area contributed by atoms with Crippen molar-refractivity contribution in [2.24, 2.45) is 0 Å². The summed E-state index contributed by atoms with van der Waals surface area (Å²) < 4.78 is 22.3. The van der Waals surface area contributed by atoms with Crippen LogP contribution in [0.2, 0.25) is 0 Å². The average Bonchev–Trinajstić information content (AvgIpc) is 3.65. The molecular formula is C30H23N3O6. The monoisotopic (exact) mass is 521 g/mol. The van der Waals surface area contributed by atoms with Gasteiger partial charge in [0.2, 0.25) is 18.6 Å². The Hall–Kier alpha value is -5.05. The lowest BCUT2D eigenvalue weighted by molar-refractivity contribution is -0.122. The van der Waals surface area contributed by atoms with Crippen molar-refractivity contribution in [1.29, 1.82) is 0 Å². The zero-order valence-corrected chi connectivity index (χ0v) is 21.0. The zero-order valence-electron chi connectivity index (χ0n) is 21.0. The maximum atomic E-state index is 14.3. The van der Waals surface area contributed by atoms with Gasteiger partial charge in [0.15, 0.2) is 11.5 Å². The minimum Gasteiger partial charge on any atom is -0.491 e. The van der Waals surface area contributed by atoms with Crippen molar-refractivity contribution < 1.29 is 28.5 Å². The molecule has 1 spiro atoms. The highest BCUT2D eigenvalue weighted by molar-refractivity contribution is 6.12. The molecule has 2 amide bonds. The number of amides is 2. The molecule has 1 aromatic heterocycles. The summed E-state index contributed by atoms with van der Waals surface area (Å²) in [7, 11) is 1.53. The fraction of sp³-hybridized carbons (Fsp3) is 0.167. The minimum atomic E-state index is -1.02. The first-order valence-electron chi connectivity index (χ1n) is 12.5. The molecule has 3 aromatic carbocycles. The zero-order chi connectivity index (χ0) is 26.6. The molecule has 39 heavy (non-hydrogen) atoms. The Balaban J connectivity index is 1.24. The van der Waals surface area contributed by atoms with Gasteiger partial charge in [-0.1, -0.05) is 36.4 Å². The van der Waals surface area contributed by atoms with Gasteiger partial charge in [-0.05, 0) is 35.4 Å². The van der Waals surface area contributed by atoms with Crippen LogP contribution in [-0.4, -0.2) is 37.3 Å². The molecule has 9 heteroatoms. The number of para-hydroxylation sites is 1. The molecule has 3 aliphatic heterocycles. The van der Waals surface area contributed by atoms with Gasteiger partial charge in [0.05, 0.1) is 25.5 Å². The highest BCUT2D eigenvalue weighted by atomic mass is 16.7. The van der Waals surface area contributed by atoms with E-state index in [1.165, 1.54) is 13.3 Å². The molecule has 4 heterocycles. The summed E-state index contributed by atoms with van der Waals surface area (Å²) >= 11 is 0. The number of aromatic nitrogens is 1. The number of hydrogen-bond acceptors (Lipinski definition) is 7. The predicted molar refractivity (Wildman–Crippen MR) is 142 cm³/mol. The molecule has 3 aliphatic rings. The van der Waals surface area contributed by atoms with E-state index in [9.17, 15) is 9.59 Å². The van der Waals surface area contributed by atoms with Crippen LogP contribution >= 0.6 is 0 Å². The van der Waals surface area contributed by atoms with E-state index in [4.69, 9.17) is 18.9 Å². The van der Waals surface area contributed by atoms with Crippen LogP contribution in [0.25, 0.3) is 0 Å². The molecule has 0 fully saturated rings. The van der Waals surface area contributed by atoms with Crippen LogP contribution < -0.4 is 29.2 Å². The van der Waals surface area contributed by atoms with Gasteiger partial charge in [0, 0.05) is 28.9 Å². The summed E-state index contributed by atoms with van der Waals surface area (Å²) in [5.41, 5.74) is 3.09. The molecule has 9 nitrogen and oxygen atoms in total. The SMILES string of the molecule is COc1ccc(NC(=O)c2ccccc2CN2C(=O)C3(COc4cc5c(cc43)OCO5)c3ccccc32)cn1. The standard InChI is InChI=1S/C30H23N3O6/c1-36-27-11-10-19(14-31-27)32-28(34)20-7-3-2-6-18(20)15-33-23-9-5-4-8-21(23)30(29(33)35)16-37-24-13-26-25(12-22(24)30)38-17-39-26/h2-14H,15-17H2,1H3,(H,32,34). The van der Waals surface area contributed by atoms with E-state index in [0.717, 1.165) is 16.8 Å². The van der Waals surface area contributed by atoms with Crippen molar-refractivity contribution in [1.82, 2.24) is 4.98 Å². The average molecular weight is 522 g/mol. The number of hydrogen-bond donors (Lipinski definition) is 1. The number of carbonyl (C=O) groups excluding carboxylic acids is 2. The molecule has 0 saturated carbocycles. The number of benzene rings is 3. The summed E-state index contributed by atoms with van der Waals surface area (Å²) in [4.78, 5) is 33.5. The van der Waals surface area contributed by atoms with E-state index in [1.54, 1.807) is 35.2 Å². The van der Waals surface area contributed by atoms with Crippen molar-refractivity contribution >= 4 is 23.2 Å². The molecule has 0 saturated heterocycles. The number of nitrogens with zero attached hydrogens (tertiary/aromatic N) is 2. The Morgan fingerprint density at radius 1 is 0.974 bits per heavy atom. The van der Waals surface area contributed by atoms with Crippen LogP contribution in [0.3, 0.4) is 0 Å². The first-order valence-corrected chi connectivity index (χ1v) is 12.5. The molecule has 4 aromatic rings. The first-order chi connectivity index (χ1) is 19.1. The molecule has 0 bridgehead atoms. The Kier molecular flexibility index (Phi) is 5.19. The van der Waals surface area contributed by atoms with Gasteiger partial charge < -0.3 is 29.2 Å². The van der Waals surface area contributed by atoms with Crippen molar-refractivity contribution in [3.8, 4) is 23.1 Å². The normalized spacial score (nSPS) is 18.1. The number of carbonyl (C=O) groups is 2. The van der Waals surface area contributed by atoms with E-state index < -0.39 is 5.41 Å². The van der Waals surface area contributed by atoms with E-state index in [-0.39, 0.29) is 31.8 Å². The third-order valence-corrected chi connectivity index (χ3v) is 7.44. The van der Waals surface area contributed by atoms with E-state index in [1.807, 2.05) is 42.5 Å². The molecule has 194 valence electrons. The lowest BCUT2D eigenvalue weighted by Crippen LogP contribution is -2.42. The number of nitrogens with one attached hydrogen (secondary N) is 1. The van der Waals surface area contributed by atoms with Crippen molar-refractivity contribution in [2.75, 3.05) is 30.7 Å². The molecule has 1 atom stereocenters. The van der Waals surface area contributed by atoms with Gasteiger partial charge in [-0.25, -0.2) is 4.98 Å². The number of rotatable bonds is 5. The lowest BCUT2D eigenvalue weighted by atomic mass is 9.77. The second kappa shape index (κ2) is 8.76. The summed E-state index contributed by atoms with van der Waals surface area (Å²) in [5, 5.41) is 2.88. The van der Waals surface area contributed by atoms with E-state index in [0.29, 0.717) is 39.9 Å². The fourth-order valence-electron chi connectivity index (χ4n) is 5.55. The fourth-order valence-corrected chi connectivity index (χ4v) is 5.55. The summed E-state index contributed by atoms with van der Waals surface area (Å²) in [6.45, 7) is 0.513. The summed E-state index contributed by atoms with van der Waals surface area (Å²) in [6.07, 6.45) is 1.53. The summed E-state index contributed by atoms with van der Waals surface area (Å²) in [6, 6.07) is 22.0. The van der Waals surface area contributed by atoms with Gasteiger partial charge in [-0.15, -0.1) is 0 Å². The second-order valence-corrected chi connectivity index (χ2v) is 9.50. The number of methoxy groups -OCH3 is 1. The van der Waals surface area contributed by atoms with Crippen molar-refractivity contribution in [2.45, 2.75) is 12.0 Å². The maximum Gasteiger partial charge on any atom is 0.256 e. The molecule has 7 rings (SSSR count). The predicted octanol–water partition coefficient (Wildman–Crippen LogP) is 4.30. The Bertz CT molecular complexity index is 1640. The van der Waals surface area contributed by atoms with Gasteiger partial charge >= 0.3 is 0 Å². The Morgan fingerprint density at radius 3 is 2.59 bits per heavy atom. The second-order valence-electron chi connectivity index (χ2n) is 9.50. The van der Waals surface area contributed by atoms with E-state index >= 15 is 0 Å². The summed E-state index contributed by atoms with van der Waals surface area (Å²) in [5.74, 6) is 1.85. The topological polar surface area (TPSA) is 99.2 Å². The van der Waals surface area contributed by atoms with Crippen LogP contribution in [-0.2, 0) is 16.8 Å². The van der Waals surface area contributed by atoms with Crippen LogP contribution in [0.5, 0.6) is 23.1 Å². The minimum absolute atomic E-state index is 0.115. The van der Waals surface area contributed by atoms with Crippen molar-refractivity contribution in [3.05, 3.63) is 101 Å². The molecular weight excluding hydrogens is 498 g/mol. The smallest absolute Gasteiger partial charge is 0.256 e. The Morgan fingerprint density at radius 2 is 1.77 bits per heavy atom. The third-order valence-electron chi connectivity index (χ3n) is 7.44. The number of pyridine rings is 1. The van der Waals surface area contributed by atoms with Crippen LogP contribution in [0.1, 0.15) is 27.0 Å². The van der Waals surface area contributed by atoms with Gasteiger partial charge in [-0.3, -0.25) is 9.59 Å². The molecule has 1 unspecified atom stereocenters. The number of ether oxygens (including phenoxy) is 4. The van der Waals surface area contributed by atoms with E-state index in [2.05, 4.69) is 10.3 Å². The quantitative estimate of drug-likeness (QED) is 0.418. The van der Waals surface area contributed by atoms with Gasteiger partial charge in [0.25, 0.3) is 5.91 Å². The molecule has 0 aliphatic carbocycles. The largest absolute Gasteiger partial charge is 0.491 e. The number of fused-ring (bicyclic) bond motifs is 5. The third kappa shape index (κ3) is 3.50. The molecule has 1 N–H and O–H groups in total. The van der Waals surface area contributed by atoms with Crippen LogP contribution in [0.15, 0.2) is 79.0 Å². The Labute approximate surface area is 223 Å². The maximum absolute atomic E-state index is 14.3. The first kappa shape index (κ1) is 23.1. The lowest BCUT2D eigenvalue weighted by Gasteiger charge is -2.24. The van der Waals surface area contributed by atoms with Gasteiger partial charge in [0.1, 0.15) is 17.8 Å². The highest BCUT2D eigenvalue weighted by Crippen LogP contribution is 2.55.